The molecule has 0 saturated heterocycles. The number of hydrogen-bond donors (Lipinski definition) is 1. The van der Waals surface area contributed by atoms with Gasteiger partial charge in [0.05, 0.1) is 26.2 Å². The number of anilines is 2. The average molecular weight is 327 g/mol. The van der Waals surface area contributed by atoms with Gasteiger partial charge in [0.25, 0.3) is 5.69 Å². The Balaban J connectivity index is 1.90. The standard InChI is InChI=1S/C15H13N5O2S/c1-9-14(23-10(2)17-9)13-6-7-16-15(19-13)18-11-4-3-5-12(8-11)20(21)22/h3-8H,1-2H3,(H,16,18,19). The van der Waals surface area contributed by atoms with Gasteiger partial charge in [0.2, 0.25) is 5.95 Å². The Morgan fingerprint density at radius 1 is 1.22 bits per heavy atom. The van der Waals surface area contributed by atoms with Crippen LogP contribution in [0.2, 0.25) is 0 Å². The zero-order valence-corrected chi connectivity index (χ0v) is 13.3. The molecule has 8 heteroatoms. The first kappa shape index (κ1) is 15.0. The van der Waals surface area contributed by atoms with Crippen LogP contribution in [-0.2, 0) is 0 Å². The van der Waals surface area contributed by atoms with E-state index in [1.807, 2.05) is 19.9 Å². The zero-order valence-electron chi connectivity index (χ0n) is 12.5. The zero-order chi connectivity index (χ0) is 16.4. The van der Waals surface area contributed by atoms with Crippen molar-refractivity contribution in [1.29, 1.82) is 0 Å². The molecule has 0 saturated carbocycles. The summed E-state index contributed by atoms with van der Waals surface area (Å²) >= 11 is 1.57. The van der Waals surface area contributed by atoms with Crippen molar-refractivity contribution in [3.8, 4) is 10.6 Å². The highest BCUT2D eigenvalue weighted by molar-refractivity contribution is 7.15. The Kier molecular flexibility index (Phi) is 3.98. The van der Waals surface area contributed by atoms with Crippen molar-refractivity contribution >= 4 is 28.7 Å². The summed E-state index contributed by atoms with van der Waals surface area (Å²) in [5, 5.41) is 14.8. The number of hydrogen-bond acceptors (Lipinski definition) is 7. The summed E-state index contributed by atoms with van der Waals surface area (Å²) in [6.07, 6.45) is 1.65. The van der Waals surface area contributed by atoms with Crippen LogP contribution in [0.5, 0.6) is 0 Å². The van der Waals surface area contributed by atoms with Gasteiger partial charge >= 0.3 is 0 Å². The second-order valence-corrected chi connectivity index (χ2v) is 6.05. The fourth-order valence-corrected chi connectivity index (χ4v) is 3.03. The highest BCUT2D eigenvalue weighted by Crippen LogP contribution is 2.29. The van der Waals surface area contributed by atoms with Crippen molar-refractivity contribution in [3.63, 3.8) is 0 Å². The predicted molar refractivity (Wildman–Crippen MR) is 89.0 cm³/mol. The number of thiazole rings is 1. The minimum absolute atomic E-state index is 0.0140. The Morgan fingerprint density at radius 2 is 2.04 bits per heavy atom. The van der Waals surface area contributed by atoms with E-state index in [9.17, 15) is 10.1 Å². The lowest BCUT2D eigenvalue weighted by molar-refractivity contribution is -0.384. The van der Waals surface area contributed by atoms with E-state index in [1.54, 1.807) is 29.7 Å². The molecule has 0 aliphatic carbocycles. The predicted octanol–water partition coefficient (Wildman–Crippen LogP) is 3.87. The first-order chi connectivity index (χ1) is 11.0. The van der Waals surface area contributed by atoms with Gasteiger partial charge in [0.15, 0.2) is 0 Å². The molecule has 0 unspecified atom stereocenters. The topological polar surface area (TPSA) is 93.8 Å². The normalized spacial score (nSPS) is 10.5. The monoisotopic (exact) mass is 327 g/mol. The molecule has 1 aromatic carbocycles. The maximum absolute atomic E-state index is 10.8. The quantitative estimate of drug-likeness (QED) is 0.577. The molecule has 7 nitrogen and oxygen atoms in total. The van der Waals surface area contributed by atoms with Crippen LogP contribution in [0, 0.1) is 24.0 Å². The van der Waals surface area contributed by atoms with Crippen LogP contribution in [0.25, 0.3) is 10.6 Å². The third-order valence-electron chi connectivity index (χ3n) is 3.10. The fourth-order valence-electron chi connectivity index (χ4n) is 2.14. The number of aromatic nitrogens is 3. The highest BCUT2D eigenvalue weighted by Gasteiger charge is 2.11. The van der Waals surface area contributed by atoms with Crippen molar-refractivity contribution < 1.29 is 4.92 Å². The first-order valence-corrected chi connectivity index (χ1v) is 7.63. The molecule has 116 valence electrons. The number of non-ortho nitro benzene ring substituents is 1. The van der Waals surface area contributed by atoms with Crippen molar-refractivity contribution in [2.75, 3.05) is 5.32 Å². The van der Waals surface area contributed by atoms with Gasteiger partial charge in [-0.3, -0.25) is 10.1 Å². The SMILES string of the molecule is Cc1nc(C)c(-c2ccnc(Nc3cccc([N+](=O)[O-])c3)n2)s1. The second-order valence-electron chi connectivity index (χ2n) is 4.85. The Morgan fingerprint density at radius 3 is 2.74 bits per heavy atom. The maximum atomic E-state index is 10.8. The number of nitro benzene ring substituents is 1. The van der Waals surface area contributed by atoms with Crippen LogP contribution < -0.4 is 5.32 Å². The molecule has 0 spiro atoms. The van der Waals surface area contributed by atoms with Gasteiger partial charge in [0, 0.05) is 24.0 Å². The lowest BCUT2D eigenvalue weighted by Gasteiger charge is -2.06. The molecule has 0 atom stereocenters. The smallest absolute Gasteiger partial charge is 0.271 e. The third kappa shape index (κ3) is 3.32. The molecule has 23 heavy (non-hydrogen) atoms. The highest BCUT2D eigenvalue weighted by atomic mass is 32.1. The van der Waals surface area contributed by atoms with Crippen molar-refractivity contribution in [2.24, 2.45) is 0 Å². The van der Waals surface area contributed by atoms with Crippen LogP contribution in [0.15, 0.2) is 36.5 Å². The van der Waals surface area contributed by atoms with Crippen molar-refractivity contribution in [3.05, 3.63) is 57.3 Å². The fraction of sp³-hybridized carbons (Fsp3) is 0.133. The lowest BCUT2D eigenvalue weighted by atomic mass is 10.3. The summed E-state index contributed by atoms with van der Waals surface area (Å²) in [7, 11) is 0. The van der Waals surface area contributed by atoms with Crippen molar-refractivity contribution in [2.45, 2.75) is 13.8 Å². The molecule has 0 fully saturated rings. The molecular weight excluding hydrogens is 314 g/mol. The summed E-state index contributed by atoms with van der Waals surface area (Å²) in [4.78, 5) is 24.4. The molecule has 0 bridgehead atoms. The van der Waals surface area contributed by atoms with E-state index in [1.165, 1.54) is 12.1 Å². The first-order valence-electron chi connectivity index (χ1n) is 6.82. The number of rotatable bonds is 4. The molecule has 3 aromatic rings. The number of nitrogens with one attached hydrogen (secondary N) is 1. The van der Waals surface area contributed by atoms with Gasteiger partial charge in [-0.2, -0.15) is 0 Å². The Hall–Kier alpha value is -2.87. The van der Waals surface area contributed by atoms with E-state index in [0.29, 0.717) is 11.6 Å². The molecule has 0 radical (unpaired) electrons. The van der Waals surface area contributed by atoms with E-state index in [0.717, 1.165) is 21.3 Å². The minimum Gasteiger partial charge on any atom is -0.324 e. The summed E-state index contributed by atoms with van der Waals surface area (Å²) in [5.74, 6) is 0.383. The van der Waals surface area contributed by atoms with Crippen LogP contribution >= 0.6 is 11.3 Å². The van der Waals surface area contributed by atoms with E-state index in [2.05, 4.69) is 20.3 Å². The van der Waals surface area contributed by atoms with E-state index in [4.69, 9.17) is 0 Å². The van der Waals surface area contributed by atoms with Gasteiger partial charge in [-0.1, -0.05) is 6.07 Å². The molecule has 0 aliphatic rings. The summed E-state index contributed by atoms with van der Waals surface area (Å²) in [5.41, 5.74) is 2.28. The number of nitrogens with zero attached hydrogens (tertiary/aromatic N) is 4. The second kappa shape index (κ2) is 6.09. The maximum Gasteiger partial charge on any atom is 0.271 e. The van der Waals surface area contributed by atoms with Gasteiger partial charge in [-0.25, -0.2) is 15.0 Å². The molecule has 1 N–H and O–H groups in total. The van der Waals surface area contributed by atoms with Crippen LogP contribution in [0.1, 0.15) is 10.7 Å². The lowest BCUT2D eigenvalue weighted by Crippen LogP contribution is -1.98. The average Bonchev–Trinajstić information content (AvgIpc) is 2.86. The molecular formula is C15H13N5O2S. The molecule has 2 aromatic heterocycles. The molecule has 0 amide bonds. The van der Waals surface area contributed by atoms with E-state index >= 15 is 0 Å². The number of nitro groups is 1. The number of aryl methyl sites for hydroxylation is 2. The van der Waals surface area contributed by atoms with Crippen LogP contribution in [0.3, 0.4) is 0 Å². The third-order valence-corrected chi connectivity index (χ3v) is 4.20. The minimum atomic E-state index is -0.439. The molecule has 0 aliphatic heterocycles. The number of benzene rings is 1. The van der Waals surface area contributed by atoms with E-state index < -0.39 is 4.92 Å². The van der Waals surface area contributed by atoms with Gasteiger partial charge in [-0.15, -0.1) is 11.3 Å². The van der Waals surface area contributed by atoms with E-state index in [-0.39, 0.29) is 5.69 Å². The summed E-state index contributed by atoms with van der Waals surface area (Å²) in [6.45, 7) is 3.89. The van der Waals surface area contributed by atoms with Crippen molar-refractivity contribution in [1.82, 2.24) is 15.0 Å². The Labute approximate surface area is 136 Å². The van der Waals surface area contributed by atoms with Crippen LogP contribution in [0.4, 0.5) is 17.3 Å². The van der Waals surface area contributed by atoms with Gasteiger partial charge in [0.1, 0.15) is 0 Å². The van der Waals surface area contributed by atoms with Gasteiger partial charge < -0.3 is 5.32 Å². The molecule has 2 heterocycles. The summed E-state index contributed by atoms with van der Waals surface area (Å²) in [6, 6.07) is 8.04. The summed E-state index contributed by atoms with van der Waals surface area (Å²) < 4.78 is 0. The van der Waals surface area contributed by atoms with Crippen LogP contribution in [-0.4, -0.2) is 19.9 Å². The molecule has 3 rings (SSSR count). The Bertz CT molecular complexity index is 878. The largest absolute Gasteiger partial charge is 0.324 e. The van der Waals surface area contributed by atoms with Gasteiger partial charge in [-0.05, 0) is 26.0 Å².